The minimum absolute atomic E-state index is 0.0158. The molecule has 1 aliphatic heterocycles. The molecule has 174 valence electrons. The average molecular weight is 457 g/mol. The summed E-state index contributed by atoms with van der Waals surface area (Å²) in [6.45, 7) is 2.48. The molecule has 3 aromatic rings. The van der Waals surface area contributed by atoms with Crippen molar-refractivity contribution in [3.63, 3.8) is 0 Å². The lowest BCUT2D eigenvalue weighted by Gasteiger charge is -2.33. The smallest absolute Gasteiger partial charge is 0.344 e. The summed E-state index contributed by atoms with van der Waals surface area (Å²) in [6, 6.07) is 10.7. The number of aromatic nitrogens is 2. The van der Waals surface area contributed by atoms with E-state index in [-0.39, 0.29) is 17.6 Å². The van der Waals surface area contributed by atoms with E-state index in [0.717, 1.165) is 54.6 Å². The molecule has 2 heterocycles. The number of halogens is 3. The van der Waals surface area contributed by atoms with E-state index in [1.54, 1.807) is 17.8 Å². The van der Waals surface area contributed by atoms with Crippen molar-refractivity contribution >= 4 is 5.91 Å². The third-order valence-electron chi connectivity index (χ3n) is 6.13. The van der Waals surface area contributed by atoms with Gasteiger partial charge in [-0.15, -0.1) is 0 Å². The first kappa shape index (κ1) is 23.0. The number of nitrogens with one attached hydrogen (secondary N) is 2. The molecule has 0 radical (unpaired) electrons. The van der Waals surface area contributed by atoms with Gasteiger partial charge in [-0.05, 0) is 61.2 Å². The molecule has 1 fully saturated rings. The molecule has 0 saturated carbocycles. The molecule has 8 heteroatoms. The third kappa shape index (κ3) is 5.27. The molecule has 4 rings (SSSR count). The van der Waals surface area contributed by atoms with Crippen LogP contribution in [0, 0.1) is 6.92 Å². The van der Waals surface area contributed by atoms with Crippen LogP contribution >= 0.6 is 0 Å². The summed E-state index contributed by atoms with van der Waals surface area (Å²) in [6.07, 6.45) is 2.12. The number of carbonyl (C=O) groups excluding carboxylic acids is 1. The van der Waals surface area contributed by atoms with Gasteiger partial charge in [0, 0.05) is 30.4 Å². The number of aryl methyl sites for hydroxylation is 2. The third-order valence-corrected chi connectivity index (χ3v) is 6.13. The molecule has 0 unspecified atom stereocenters. The molecule has 2 aromatic carbocycles. The van der Waals surface area contributed by atoms with E-state index in [4.69, 9.17) is 0 Å². The summed E-state index contributed by atoms with van der Waals surface area (Å²) < 4.78 is 41.4. The van der Waals surface area contributed by atoms with Crippen molar-refractivity contribution in [3.8, 4) is 11.1 Å². The van der Waals surface area contributed by atoms with Crippen molar-refractivity contribution in [2.24, 2.45) is 7.05 Å². The molecule has 0 aliphatic carbocycles. The predicted molar refractivity (Wildman–Crippen MR) is 121 cm³/mol. The zero-order valence-electron chi connectivity index (χ0n) is 18.6. The van der Waals surface area contributed by atoms with Crippen LogP contribution in [-0.4, -0.2) is 28.3 Å². The SMILES string of the molecule is Cc1ccc(C(F)(F)F)cc1C(=O)N[C@@H](c1cccc(-c2cnn(C)c2)c1)[C@@H]1CCCCN1. The van der Waals surface area contributed by atoms with Gasteiger partial charge in [-0.25, -0.2) is 0 Å². The fourth-order valence-corrected chi connectivity index (χ4v) is 4.32. The van der Waals surface area contributed by atoms with Gasteiger partial charge in [0.1, 0.15) is 0 Å². The summed E-state index contributed by atoms with van der Waals surface area (Å²) in [4.78, 5) is 13.2. The highest BCUT2D eigenvalue weighted by molar-refractivity contribution is 5.96. The Balaban J connectivity index is 1.67. The number of carbonyl (C=O) groups is 1. The van der Waals surface area contributed by atoms with Crippen LogP contribution in [0.15, 0.2) is 54.9 Å². The van der Waals surface area contributed by atoms with Crippen molar-refractivity contribution in [2.45, 2.75) is 44.4 Å². The largest absolute Gasteiger partial charge is 0.416 e. The fourth-order valence-electron chi connectivity index (χ4n) is 4.32. The number of alkyl halides is 3. The highest BCUT2D eigenvalue weighted by Crippen LogP contribution is 2.32. The minimum atomic E-state index is -4.51. The van der Waals surface area contributed by atoms with Crippen LogP contribution < -0.4 is 10.6 Å². The maximum atomic E-state index is 13.2. The van der Waals surface area contributed by atoms with Crippen molar-refractivity contribution in [2.75, 3.05) is 6.54 Å². The lowest BCUT2D eigenvalue weighted by atomic mass is 9.90. The Bertz CT molecular complexity index is 1130. The molecule has 5 nitrogen and oxygen atoms in total. The first-order valence-electron chi connectivity index (χ1n) is 11.0. The highest BCUT2D eigenvalue weighted by atomic mass is 19.4. The monoisotopic (exact) mass is 456 g/mol. The fraction of sp³-hybridized carbons (Fsp3) is 0.360. The second kappa shape index (κ2) is 9.39. The van der Waals surface area contributed by atoms with Crippen molar-refractivity contribution in [1.82, 2.24) is 20.4 Å². The molecule has 1 aliphatic rings. The maximum Gasteiger partial charge on any atom is 0.416 e. The van der Waals surface area contributed by atoms with Crippen LogP contribution in [0.25, 0.3) is 11.1 Å². The molecule has 0 bridgehead atoms. The van der Waals surface area contributed by atoms with Gasteiger partial charge in [-0.1, -0.05) is 30.7 Å². The number of amides is 1. The zero-order chi connectivity index (χ0) is 23.6. The number of nitrogens with zero attached hydrogens (tertiary/aromatic N) is 2. The Hall–Kier alpha value is -3.13. The molecular formula is C25H27F3N4O. The van der Waals surface area contributed by atoms with E-state index in [1.165, 1.54) is 6.07 Å². The van der Waals surface area contributed by atoms with Crippen LogP contribution in [-0.2, 0) is 13.2 Å². The lowest BCUT2D eigenvalue weighted by Crippen LogP contribution is -2.46. The van der Waals surface area contributed by atoms with Gasteiger partial charge in [0.25, 0.3) is 5.91 Å². The first-order chi connectivity index (χ1) is 15.7. The van der Waals surface area contributed by atoms with Gasteiger partial charge in [-0.3, -0.25) is 9.48 Å². The molecule has 1 saturated heterocycles. The summed E-state index contributed by atoms with van der Waals surface area (Å²) in [5.74, 6) is -0.511. The Labute approximate surface area is 191 Å². The minimum Gasteiger partial charge on any atom is -0.344 e. The van der Waals surface area contributed by atoms with Gasteiger partial charge < -0.3 is 10.6 Å². The summed E-state index contributed by atoms with van der Waals surface area (Å²) >= 11 is 0. The van der Waals surface area contributed by atoms with Crippen molar-refractivity contribution in [3.05, 3.63) is 77.1 Å². The Morgan fingerprint density at radius 2 is 2.00 bits per heavy atom. The van der Waals surface area contributed by atoms with Crippen molar-refractivity contribution in [1.29, 1.82) is 0 Å². The van der Waals surface area contributed by atoms with Crippen LogP contribution in [0.4, 0.5) is 13.2 Å². The molecule has 2 atom stereocenters. The van der Waals surface area contributed by atoms with Gasteiger partial charge in [0.2, 0.25) is 0 Å². The summed E-state index contributed by atoms with van der Waals surface area (Å²) in [5.41, 5.74) is 2.52. The van der Waals surface area contributed by atoms with Crippen LogP contribution in [0.2, 0.25) is 0 Å². The van der Waals surface area contributed by atoms with Gasteiger partial charge in [-0.2, -0.15) is 18.3 Å². The van der Waals surface area contributed by atoms with E-state index in [1.807, 2.05) is 37.5 Å². The van der Waals surface area contributed by atoms with E-state index in [9.17, 15) is 18.0 Å². The number of benzene rings is 2. The molecular weight excluding hydrogens is 429 g/mol. The highest BCUT2D eigenvalue weighted by Gasteiger charge is 2.32. The van der Waals surface area contributed by atoms with E-state index in [2.05, 4.69) is 15.7 Å². The second-order valence-corrected chi connectivity index (χ2v) is 8.56. The van der Waals surface area contributed by atoms with Gasteiger partial charge in [0.05, 0.1) is 17.8 Å². The van der Waals surface area contributed by atoms with Crippen LogP contribution in [0.1, 0.15) is 52.4 Å². The Kier molecular flexibility index (Phi) is 6.56. The molecule has 1 amide bonds. The number of piperidine rings is 1. The number of rotatable bonds is 5. The van der Waals surface area contributed by atoms with Crippen molar-refractivity contribution < 1.29 is 18.0 Å². The number of hydrogen-bond acceptors (Lipinski definition) is 3. The maximum absolute atomic E-state index is 13.2. The quantitative estimate of drug-likeness (QED) is 0.566. The molecule has 33 heavy (non-hydrogen) atoms. The van der Waals surface area contributed by atoms with E-state index in [0.29, 0.717) is 5.56 Å². The van der Waals surface area contributed by atoms with Gasteiger partial charge >= 0.3 is 6.18 Å². The standard InChI is InChI=1S/C25H27F3N4O/c1-16-9-10-20(25(26,27)28)13-21(16)24(33)31-23(22-8-3-4-11-29-22)18-7-5-6-17(12-18)19-14-30-32(2)15-19/h5-7,9-10,12-15,22-23,29H,3-4,8,11H2,1-2H3,(H,31,33)/t22-,23-/m0/s1. The zero-order valence-corrected chi connectivity index (χ0v) is 18.6. The van der Waals surface area contributed by atoms with Gasteiger partial charge in [0.15, 0.2) is 0 Å². The Morgan fingerprint density at radius 3 is 2.67 bits per heavy atom. The Morgan fingerprint density at radius 1 is 1.18 bits per heavy atom. The van der Waals surface area contributed by atoms with E-state index >= 15 is 0 Å². The predicted octanol–water partition coefficient (Wildman–Crippen LogP) is 5.03. The summed E-state index contributed by atoms with van der Waals surface area (Å²) in [5, 5.41) is 10.7. The van der Waals surface area contributed by atoms with Crippen LogP contribution in [0.3, 0.4) is 0 Å². The normalized spacial score (nSPS) is 17.5. The first-order valence-corrected chi connectivity index (χ1v) is 11.0. The second-order valence-electron chi connectivity index (χ2n) is 8.56. The molecule has 0 spiro atoms. The molecule has 1 aromatic heterocycles. The summed E-state index contributed by atoms with van der Waals surface area (Å²) in [7, 11) is 1.85. The average Bonchev–Trinajstić information content (AvgIpc) is 3.24. The van der Waals surface area contributed by atoms with E-state index < -0.39 is 17.6 Å². The number of hydrogen-bond donors (Lipinski definition) is 2. The topological polar surface area (TPSA) is 59.0 Å². The van der Waals surface area contributed by atoms with Crippen LogP contribution in [0.5, 0.6) is 0 Å². The lowest BCUT2D eigenvalue weighted by molar-refractivity contribution is -0.137. The molecule has 2 N–H and O–H groups in total.